The Kier molecular flexibility index (Phi) is 4.27. The second kappa shape index (κ2) is 6.75. The van der Waals surface area contributed by atoms with E-state index in [1.54, 1.807) is 16.8 Å². The van der Waals surface area contributed by atoms with Crippen LogP contribution in [0.25, 0.3) is 11.7 Å². The first-order valence-corrected chi connectivity index (χ1v) is 8.93. The minimum Gasteiger partial charge on any atom is -0.367 e. The fourth-order valence-corrected chi connectivity index (χ4v) is 2.90. The summed E-state index contributed by atoms with van der Waals surface area (Å²) < 4.78 is 1.71. The summed E-state index contributed by atoms with van der Waals surface area (Å²) in [7, 11) is 0. The summed E-state index contributed by atoms with van der Waals surface area (Å²) >= 11 is 0. The van der Waals surface area contributed by atoms with Crippen LogP contribution in [0, 0.1) is 0 Å². The number of anilines is 2. The number of hydrogen-bond donors (Lipinski definition) is 4. The van der Waals surface area contributed by atoms with Gasteiger partial charge in [0, 0.05) is 29.9 Å². The van der Waals surface area contributed by atoms with Crippen LogP contribution in [0.15, 0.2) is 30.1 Å². The van der Waals surface area contributed by atoms with Gasteiger partial charge in [0.1, 0.15) is 11.6 Å². The summed E-state index contributed by atoms with van der Waals surface area (Å²) in [5, 5.41) is 16.0. The maximum Gasteiger partial charge on any atom is 0.320 e. The molecule has 1 aliphatic heterocycles. The normalized spacial score (nSPS) is 18.0. The van der Waals surface area contributed by atoms with E-state index in [2.05, 4.69) is 37.9 Å². The van der Waals surface area contributed by atoms with Crippen LogP contribution in [0.2, 0.25) is 0 Å². The topological polar surface area (TPSA) is 112 Å². The van der Waals surface area contributed by atoms with Crippen LogP contribution < -0.4 is 21.3 Å². The highest BCUT2D eigenvalue weighted by molar-refractivity contribution is 5.91. The number of carbonyl (C=O) groups excluding carboxylic acids is 2. The zero-order valence-electron chi connectivity index (χ0n) is 15.0. The molecular formula is C18H21N7O2. The molecule has 140 valence electrons. The third-order valence-corrected chi connectivity index (χ3v) is 4.37. The number of amides is 3. The molecule has 2 aromatic heterocycles. The first-order chi connectivity index (χ1) is 13.0. The Morgan fingerprint density at radius 3 is 2.96 bits per heavy atom. The molecule has 0 bridgehead atoms. The standard InChI is InChI=1S/C18H21N7O2/c1-3-19-18(27)24-14-8-15(22-13-4-5-13)25-17(23-14)12(9-20-25)6-11-7-16(26)21-10(11)2/h6,8-9,13,22H,2-5,7H2,1H3,(H,21,26)(H2,19,23,24,27)/b11-6+. The number of hydrogen-bond acceptors (Lipinski definition) is 5. The molecule has 3 heterocycles. The van der Waals surface area contributed by atoms with Gasteiger partial charge in [-0.25, -0.2) is 9.78 Å². The van der Waals surface area contributed by atoms with Gasteiger partial charge in [-0.05, 0) is 31.4 Å². The lowest BCUT2D eigenvalue weighted by Crippen LogP contribution is -2.28. The third kappa shape index (κ3) is 3.62. The Balaban J connectivity index is 1.74. The van der Waals surface area contributed by atoms with Crippen LogP contribution in [-0.4, -0.2) is 39.1 Å². The molecule has 1 aliphatic carbocycles. The highest BCUT2D eigenvalue weighted by Gasteiger charge is 2.24. The molecule has 3 amide bonds. The lowest BCUT2D eigenvalue weighted by atomic mass is 10.1. The fourth-order valence-electron chi connectivity index (χ4n) is 2.90. The number of carbonyl (C=O) groups is 2. The lowest BCUT2D eigenvalue weighted by Gasteiger charge is -2.11. The number of fused-ring (bicyclic) bond motifs is 1. The van der Waals surface area contributed by atoms with E-state index in [0.717, 1.165) is 29.8 Å². The SMILES string of the molecule is C=C1NC(=O)C/C1=C\c1cnn2c(NC3CC3)cc(NC(=O)NCC)nc12. The highest BCUT2D eigenvalue weighted by atomic mass is 16.2. The number of nitrogens with zero attached hydrogens (tertiary/aromatic N) is 3. The number of rotatable bonds is 5. The quantitative estimate of drug-likeness (QED) is 0.644. The van der Waals surface area contributed by atoms with E-state index in [1.807, 2.05) is 13.0 Å². The molecule has 0 unspecified atom stereocenters. The van der Waals surface area contributed by atoms with Gasteiger partial charge in [0.25, 0.3) is 0 Å². The highest BCUT2D eigenvalue weighted by Crippen LogP contribution is 2.28. The van der Waals surface area contributed by atoms with E-state index in [4.69, 9.17) is 0 Å². The van der Waals surface area contributed by atoms with Crippen LogP contribution in [-0.2, 0) is 4.79 Å². The zero-order chi connectivity index (χ0) is 19.0. The summed E-state index contributed by atoms with van der Waals surface area (Å²) in [6, 6.07) is 1.87. The molecule has 2 aromatic rings. The summed E-state index contributed by atoms with van der Waals surface area (Å²) in [4.78, 5) is 28.0. The number of allylic oxidation sites excluding steroid dienone is 1. The Morgan fingerprint density at radius 2 is 2.30 bits per heavy atom. The van der Waals surface area contributed by atoms with Crippen molar-refractivity contribution >= 4 is 35.3 Å². The van der Waals surface area contributed by atoms with Gasteiger partial charge in [0.15, 0.2) is 5.65 Å². The van der Waals surface area contributed by atoms with Crippen molar-refractivity contribution in [1.82, 2.24) is 25.2 Å². The monoisotopic (exact) mass is 367 g/mol. The predicted molar refractivity (Wildman–Crippen MR) is 102 cm³/mol. The maximum absolute atomic E-state index is 11.9. The summed E-state index contributed by atoms with van der Waals surface area (Å²) in [5.41, 5.74) is 2.73. The molecule has 1 saturated carbocycles. The van der Waals surface area contributed by atoms with Gasteiger partial charge in [-0.2, -0.15) is 9.61 Å². The van der Waals surface area contributed by atoms with Gasteiger partial charge in [0.2, 0.25) is 5.91 Å². The molecule has 4 N–H and O–H groups in total. The number of nitrogens with one attached hydrogen (secondary N) is 4. The molecule has 9 heteroatoms. The lowest BCUT2D eigenvalue weighted by molar-refractivity contribution is -0.118. The Morgan fingerprint density at radius 1 is 1.48 bits per heavy atom. The van der Waals surface area contributed by atoms with Crippen LogP contribution in [0.4, 0.5) is 16.4 Å². The van der Waals surface area contributed by atoms with Crippen molar-refractivity contribution in [3.05, 3.63) is 35.7 Å². The molecule has 27 heavy (non-hydrogen) atoms. The van der Waals surface area contributed by atoms with E-state index in [1.165, 1.54) is 0 Å². The first-order valence-electron chi connectivity index (χ1n) is 8.93. The average Bonchev–Trinajstić information content (AvgIpc) is 3.24. The second-order valence-electron chi connectivity index (χ2n) is 6.64. The Labute approximate surface area is 155 Å². The molecule has 2 aliphatic rings. The fraction of sp³-hybridized carbons (Fsp3) is 0.333. The van der Waals surface area contributed by atoms with Gasteiger partial charge >= 0.3 is 6.03 Å². The van der Waals surface area contributed by atoms with Crippen molar-refractivity contribution in [2.45, 2.75) is 32.2 Å². The van der Waals surface area contributed by atoms with Crippen LogP contribution >= 0.6 is 0 Å². The van der Waals surface area contributed by atoms with E-state index in [0.29, 0.717) is 29.7 Å². The summed E-state index contributed by atoms with van der Waals surface area (Å²) in [6.45, 7) is 6.23. The zero-order valence-corrected chi connectivity index (χ0v) is 15.0. The summed E-state index contributed by atoms with van der Waals surface area (Å²) in [6.07, 6.45) is 6.04. The Hall–Kier alpha value is -3.36. The van der Waals surface area contributed by atoms with Gasteiger partial charge < -0.3 is 16.0 Å². The van der Waals surface area contributed by atoms with Crippen molar-refractivity contribution in [3.63, 3.8) is 0 Å². The molecule has 1 saturated heterocycles. The predicted octanol–water partition coefficient (Wildman–Crippen LogP) is 1.86. The molecule has 0 spiro atoms. The molecule has 9 nitrogen and oxygen atoms in total. The van der Waals surface area contributed by atoms with E-state index < -0.39 is 0 Å². The largest absolute Gasteiger partial charge is 0.367 e. The van der Waals surface area contributed by atoms with E-state index >= 15 is 0 Å². The van der Waals surface area contributed by atoms with Gasteiger partial charge in [0.05, 0.1) is 12.6 Å². The van der Waals surface area contributed by atoms with Crippen molar-refractivity contribution in [3.8, 4) is 0 Å². The number of urea groups is 1. The molecule has 2 fully saturated rings. The molecule has 0 aromatic carbocycles. The smallest absolute Gasteiger partial charge is 0.320 e. The molecule has 0 atom stereocenters. The molecular weight excluding hydrogens is 346 g/mol. The van der Waals surface area contributed by atoms with Gasteiger partial charge in [-0.3, -0.25) is 10.1 Å². The van der Waals surface area contributed by atoms with E-state index in [-0.39, 0.29) is 18.4 Å². The minimum atomic E-state index is -0.315. The van der Waals surface area contributed by atoms with E-state index in [9.17, 15) is 9.59 Å². The minimum absolute atomic E-state index is 0.0784. The van der Waals surface area contributed by atoms with Crippen molar-refractivity contribution in [2.24, 2.45) is 0 Å². The first kappa shape index (κ1) is 17.1. The number of aromatic nitrogens is 3. The van der Waals surface area contributed by atoms with Crippen molar-refractivity contribution < 1.29 is 9.59 Å². The Bertz CT molecular complexity index is 971. The van der Waals surface area contributed by atoms with Crippen molar-refractivity contribution in [1.29, 1.82) is 0 Å². The van der Waals surface area contributed by atoms with Crippen LogP contribution in [0.5, 0.6) is 0 Å². The molecule has 4 rings (SSSR count). The van der Waals surface area contributed by atoms with Crippen LogP contribution in [0.3, 0.4) is 0 Å². The van der Waals surface area contributed by atoms with Crippen LogP contribution in [0.1, 0.15) is 31.7 Å². The van der Waals surface area contributed by atoms with Gasteiger partial charge in [-0.15, -0.1) is 0 Å². The van der Waals surface area contributed by atoms with Gasteiger partial charge in [-0.1, -0.05) is 6.58 Å². The second-order valence-corrected chi connectivity index (χ2v) is 6.64. The molecule has 0 radical (unpaired) electrons. The maximum atomic E-state index is 11.9. The summed E-state index contributed by atoms with van der Waals surface area (Å²) in [5.74, 6) is 1.11. The third-order valence-electron chi connectivity index (χ3n) is 4.37. The average molecular weight is 367 g/mol. The van der Waals surface area contributed by atoms with Crippen molar-refractivity contribution in [2.75, 3.05) is 17.2 Å².